The summed E-state index contributed by atoms with van der Waals surface area (Å²) in [7, 11) is -4.11. The number of aliphatic carboxylic acids is 1. The highest BCUT2D eigenvalue weighted by Crippen LogP contribution is 2.14. The molecular formula is C8H14O5S. The highest BCUT2D eigenvalue weighted by Gasteiger charge is 2.23. The second-order valence-corrected chi connectivity index (χ2v) is 5.01. The minimum Gasteiger partial charge on any atom is -0.478 e. The van der Waals surface area contributed by atoms with E-state index in [1.165, 1.54) is 26.8 Å². The molecule has 6 heteroatoms. The van der Waals surface area contributed by atoms with Gasteiger partial charge in [0.05, 0.1) is 5.25 Å². The van der Waals surface area contributed by atoms with E-state index in [-0.39, 0.29) is 5.57 Å². The van der Waals surface area contributed by atoms with Crippen LogP contribution in [-0.4, -0.2) is 29.3 Å². The largest absolute Gasteiger partial charge is 0.478 e. The third-order valence-corrected chi connectivity index (χ3v) is 3.43. The first-order chi connectivity index (χ1) is 6.16. The van der Waals surface area contributed by atoms with Gasteiger partial charge in [-0.2, -0.15) is 8.42 Å². The van der Waals surface area contributed by atoms with Gasteiger partial charge >= 0.3 is 5.97 Å². The zero-order valence-corrected chi connectivity index (χ0v) is 9.08. The number of rotatable bonds is 4. The van der Waals surface area contributed by atoms with Crippen LogP contribution in [0.5, 0.6) is 0 Å². The molecule has 0 heterocycles. The Balaban J connectivity index is 4.75. The Labute approximate surface area is 83.2 Å². The summed E-state index contributed by atoms with van der Waals surface area (Å²) >= 11 is 0. The Morgan fingerprint density at radius 3 is 2.07 bits per heavy atom. The predicted octanol–water partition coefficient (Wildman–Crippen LogP) is 0.930. The molecule has 14 heavy (non-hydrogen) atoms. The molecule has 0 fully saturated rings. The van der Waals surface area contributed by atoms with E-state index >= 15 is 0 Å². The van der Waals surface area contributed by atoms with E-state index in [0.29, 0.717) is 0 Å². The van der Waals surface area contributed by atoms with Crippen molar-refractivity contribution >= 4 is 16.1 Å². The maximum Gasteiger partial charge on any atom is 0.330 e. The van der Waals surface area contributed by atoms with E-state index in [1.807, 2.05) is 0 Å². The fourth-order valence-electron chi connectivity index (χ4n) is 0.872. The van der Waals surface area contributed by atoms with Crippen LogP contribution >= 0.6 is 0 Å². The molecular weight excluding hydrogens is 208 g/mol. The summed E-state index contributed by atoms with van der Waals surface area (Å²) in [5.74, 6) is -1.64. The maximum atomic E-state index is 10.7. The molecule has 0 aromatic carbocycles. The number of allylic oxidation sites excluding steroid dienone is 1. The Bertz CT molecular complexity index is 341. The lowest BCUT2D eigenvalue weighted by Crippen LogP contribution is -2.23. The van der Waals surface area contributed by atoms with Gasteiger partial charge in [0, 0.05) is 5.57 Å². The molecule has 0 saturated heterocycles. The van der Waals surface area contributed by atoms with Crippen molar-refractivity contribution < 1.29 is 22.9 Å². The fraction of sp³-hybridized carbons (Fsp3) is 0.625. The minimum absolute atomic E-state index is 0.0630. The highest BCUT2D eigenvalue weighted by molar-refractivity contribution is 7.86. The molecule has 0 rings (SSSR count). The van der Waals surface area contributed by atoms with Gasteiger partial charge in [-0.1, -0.05) is 13.0 Å². The summed E-state index contributed by atoms with van der Waals surface area (Å²) in [6.45, 7) is 4.23. The topological polar surface area (TPSA) is 91.7 Å². The first kappa shape index (κ1) is 13.1. The lowest BCUT2D eigenvalue weighted by molar-refractivity contribution is -0.132. The molecule has 0 saturated carbocycles. The average Bonchev–Trinajstić information content (AvgIpc) is 2.00. The molecule has 0 spiro atoms. The Morgan fingerprint density at radius 1 is 1.36 bits per heavy atom. The zero-order chi connectivity index (χ0) is 11.5. The van der Waals surface area contributed by atoms with E-state index in [1.54, 1.807) is 0 Å². The third-order valence-electron chi connectivity index (χ3n) is 2.06. The zero-order valence-electron chi connectivity index (χ0n) is 8.26. The Hall–Kier alpha value is -0.880. The van der Waals surface area contributed by atoms with Crippen LogP contribution in [0.2, 0.25) is 0 Å². The van der Waals surface area contributed by atoms with Crippen LogP contribution in [0, 0.1) is 5.92 Å². The molecule has 0 radical (unpaired) electrons. The summed E-state index contributed by atoms with van der Waals surface area (Å²) < 4.78 is 30.1. The van der Waals surface area contributed by atoms with Gasteiger partial charge < -0.3 is 5.11 Å². The van der Waals surface area contributed by atoms with Gasteiger partial charge in [-0.25, -0.2) is 4.79 Å². The lowest BCUT2D eigenvalue weighted by atomic mass is 10.1. The molecule has 0 aliphatic carbocycles. The van der Waals surface area contributed by atoms with E-state index in [9.17, 15) is 13.2 Å². The van der Waals surface area contributed by atoms with Crippen molar-refractivity contribution in [2.45, 2.75) is 26.0 Å². The van der Waals surface area contributed by atoms with Crippen molar-refractivity contribution in [3.8, 4) is 0 Å². The van der Waals surface area contributed by atoms with Gasteiger partial charge in [-0.15, -0.1) is 0 Å². The normalized spacial score (nSPS) is 17.6. The molecule has 0 aliphatic rings. The van der Waals surface area contributed by atoms with Crippen molar-refractivity contribution in [2.24, 2.45) is 5.92 Å². The van der Waals surface area contributed by atoms with Crippen molar-refractivity contribution in [3.05, 3.63) is 11.6 Å². The van der Waals surface area contributed by atoms with Gasteiger partial charge in [0.2, 0.25) is 0 Å². The molecule has 0 amide bonds. The van der Waals surface area contributed by atoms with Crippen LogP contribution in [0.25, 0.3) is 0 Å². The quantitative estimate of drug-likeness (QED) is 0.545. The van der Waals surface area contributed by atoms with Crippen molar-refractivity contribution in [3.63, 3.8) is 0 Å². The first-order valence-corrected chi connectivity index (χ1v) is 5.54. The third kappa shape index (κ3) is 3.89. The second kappa shape index (κ2) is 4.56. The van der Waals surface area contributed by atoms with Gasteiger partial charge in [0.15, 0.2) is 0 Å². The van der Waals surface area contributed by atoms with Crippen LogP contribution in [0.1, 0.15) is 20.8 Å². The summed E-state index contributed by atoms with van der Waals surface area (Å²) in [4.78, 5) is 10.4. The van der Waals surface area contributed by atoms with Gasteiger partial charge in [0.25, 0.3) is 10.1 Å². The van der Waals surface area contributed by atoms with Crippen LogP contribution in [-0.2, 0) is 14.9 Å². The highest BCUT2D eigenvalue weighted by atomic mass is 32.2. The van der Waals surface area contributed by atoms with Crippen LogP contribution in [0.4, 0.5) is 0 Å². The predicted molar refractivity (Wildman–Crippen MR) is 51.6 cm³/mol. The summed E-state index contributed by atoms with van der Waals surface area (Å²) in [6.07, 6.45) is 1.31. The van der Waals surface area contributed by atoms with E-state index in [2.05, 4.69) is 0 Å². The summed E-state index contributed by atoms with van der Waals surface area (Å²) in [5, 5.41) is 7.53. The van der Waals surface area contributed by atoms with Crippen molar-refractivity contribution in [2.75, 3.05) is 0 Å². The van der Waals surface area contributed by atoms with Crippen LogP contribution in [0.3, 0.4) is 0 Å². The standard InChI is InChI=1S/C8H14O5S/c1-5(4-6(2)8(9)10)7(3)14(11,12)13/h4-5,7H,1-3H3,(H,9,10)(H,11,12,13). The molecule has 2 N–H and O–H groups in total. The maximum absolute atomic E-state index is 10.7. The molecule has 0 bridgehead atoms. The average molecular weight is 222 g/mol. The van der Waals surface area contributed by atoms with Gasteiger partial charge in [-0.05, 0) is 19.8 Å². The second-order valence-electron chi connectivity index (χ2n) is 3.23. The smallest absolute Gasteiger partial charge is 0.330 e. The molecule has 2 unspecified atom stereocenters. The number of hydrogen-bond donors (Lipinski definition) is 2. The van der Waals surface area contributed by atoms with Gasteiger partial charge in [-0.3, -0.25) is 4.55 Å². The Morgan fingerprint density at radius 2 is 1.79 bits per heavy atom. The molecule has 82 valence electrons. The molecule has 0 aromatic rings. The SMILES string of the molecule is CC(=CC(C)C(C)S(=O)(=O)O)C(=O)O. The number of carboxylic acids is 1. The molecule has 5 nitrogen and oxygen atoms in total. The van der Waals surface area contributed by atoms with Crippen molar-refractivity contribution in [1.29, 1.82) is 0 Å². The molecule has 0 aromatic heterocycles. The van der Waals surface area contributed by atoms with E-state index in [4.69, 9.17) is 9.66 Å². The lowest BCUT2D eigenvalue weighted by Gasteiger charge is -2.13. The van der Waals surface area contributed by atoms with Gasteiger partial charge in [0.1, 0.15) is 0 Å². The minimum atomic E-state index is -4.11. The van der Waals surface area contributed by atoms with E-state index in [0.717, 1.165) is 0 Å². The monoisotopic (exact) mass is 222 g/mol. The number of carbonyl (C=O) groups is 1. The van der Waals surface area contributed by atoms with Crippen LogP contribution < -0.4 is 0 Å². The van der Waals surface area contributed by atoms with Crippen LogP contribution in [0.15, 0.2) is 11.6 Å². The summed E-state index contributed by atoms with van der Waals surface area (Å²) in [5.41, 5.74) is 0.0630. The molecule has 0 aliphatic heterocycles. The number of carboxylic acid groups (broad SMARTS) is 1. The fourth-order valence-corrected chi connectivity index (χ4v) is 1.49. The van der Waals surface area contributed by atoms with Crippen molar-refractivity contribution in [1.82, 2.24) is 0 Å². The first-order valence-electron chi connectivity index (χ1n) is 4.04. The molecule has 2 atom stereocenters. The number of hydrogen-bond acceptors (Lipinski definition) is 3. The summed E-state index contributed by atoms with van der Waals surface area (Å²) in [6, 6.07) is 0. The van der Waals surface area contributed by atoms with E-state index < -0.39 is 27.3 Å². The Kier molecular flexibility index (Phi) is 4.28.